The first-order valence-electron chi connectivity index (χ1n) is 2.95. The van der Waals surface area contributed by atoms with Crippen molar-refractivity contribution in [3.05, 3.63) is 0 Å². The molecule has 0 saturated carbocycles. The third-order valence-electron chi connectivity index (χ3n) is 0.801. The van der Waals surface area contributed by atoms with Crippen molar-refractivity contribution in [1.29, 1.82) is 0 Å². The molecule has 0 radical (unpaired) electrons. The zero-order chi connectivity index (χ0) is 8.85. The number of aliphatic carboxylic acids is 1. The maximum Gasteiger partial charge on any atom is 0.314 e. The first-order chi connectivity index (χ1) is 5.02. The van der Waals surface area contributed by atoms with Crippen LogP contribution in [0.4, 0.5) is 0 Å². The SMILES string of the molecule is CC(=O)OC(=O)CCC(=O)O.N. The third-order valence-corrected chi connectivity index (χ3v) is 0.801. The molecule has 0 aliphatic rings. The van der Waals surface area contributed by atoms with Gasteiger partial charge in [0.1, 0.15) is 0 Å². The molecule has 6 heteroatoms. The van der Waals surface area contributed by atoms with Gasteiger partial charge < -0.3 is 16.0 Å². The number of carbonyl (C=O) groups excluding carboxylic acids is 2. The summed E-state index contributed by atoms with van der Waals surface area (Å²) in [4.78, 5) is 30.5. The van der Waals surface area contributed by atoms with Gasteiger partial charge >= 0.3 is 17.9 Å². The van der Waals surface area contributed by atoms with Gasteiger partial charge in [-0.1, -0.05) is 0 Å². The molecule has 0 aliphatic carbocycles. The van der Waals surface area contributed by atoms with Crippen molar-refractivity contribution in [1.82, 2.24) is 6.15 Å². The molecule has 0 saturated heterocycles. The quantitative estimate of drug-likeness (QED) is 0.466. The van der Waals surface area contributed by atoms with Gasteiger partial charge in [0.05, 0.1) is 12.8 Å². The molecule has 0 aliphatic heterocycles. The lowest BCUT2D eigenvalue weighted by Gasteiger charge is -1.95. The van der Waals surface area contributed by atoms with E-state index in [0.29, 0.717) is 0 Å². The van der Waals surface area contributed by atoms with Gasteiger partial charge in [-0.15, -0.1) is 0 Å². The van der Waals surface area contributed by atoms with Crippen molar-refractivity contribution >= 4 is 17.9 Å². The molecule has 0 fully saturated rings. The van der Waals surface area contributed by atoms with E-state index in [0.717, 1.165) is 6.92 Å². The molecule has 0 amide bonds. The van der Waals surface area contributed by atoms with Crippen LogP contribution in [0.3, 0.4) is 0 Å². The summed E-state index contributed by atoms with van der Waals surface area (Å²) in [5.41, 5.74) is 0. The minimum absolute atomic E-state index is 0. The van der Waals surface area contributed by atoms with E-state index in [1.54, 1.807) is 0 Å². The summed E-state index contributed by atoms with van der Waals surface area (Å²) >= 11 is 0. The Morgan fingerprint density at radius 1 is 1.25 bits per heavy atom. The predicted octanol–water partition coefficient (Wildman–Crippen LogP) is 0.103. The van der Waals surface area contributed by atoms with Crippen LogP contribution in [0, 0.1) is 0 Å². The topological polar surface area (TPSA) is 116 Å². The molecule has 0 bridgehead atoms. The van der Waals surface area contributed by atoms with E-state index in [9.17, 15) is 14.4 Å². The summed E-state index contributed by atoms with van der Waals surface area (Å²) < 4.78 is 4.06. The fraction of sp³-hybridized carbons (Fsp3) is 0.500. The van der Waals surface area contributed by atoms with E-state index in [4.69, 9.17) is 5.11 Å². The van der Waals surface area contributed by atoms with Crippen molar-refractivity contribution in [2.24, 2.45) is 0 Å². The second kappa shape index (κ2) is 6.29. The van der Waals surface area contributed by atoms with Gasteiger partial charge in [-0.3, -0.25) is 14.4 Å². The highest BCUT2D eigenvalue weighted by Gasteiger charge is 2.07. The Hall–Kier alpha value is -1.43. The summed E-state index contributed by atoms with van der Waals surface area (Å²) in [7, 11) is 0. The summed E-state index contributed by atoms with van der Waals surface area (Å²) in [6, 6.07) is 0. The number of carboxylic acids is 1. The molecule has 0 unspecified atom stereocenters. The molecule has 4 N–H and O–H groups in total. The summed E-state index contributed by atoms with van der Waals surface area (Å²) in [5, 5.41) is 8.10. The zero-order valence-corrected chi connectivity index (χ0v) is 6.70. The van der Waals surface area contributed by atoms with Crippen molar-refractivity contribution in [3.8, 4) is 0 Å². The highest BCUT2D eigenvalue weighted by atomic mass is 16.6. The third kappa shape index (κ3) is 8.57. The molecular weight excluding hydrogens is 166 g/mol. The lowest BCUT2D eigenvalue weighted by atomic mass is 10.3. The Morgan fingerprint density at radius 3 is 2.08 bits per heavy atom. The summed E-state index contributed by atoms with van der Waals surface area (Å²) in [6.07, 6.45) is -0.582. The van der Waals surface area contributed by atoms with Crippen LogP contribution < -0.4 is 6.15 Å². The Morgan fingerprint density at radius 2 is 1.75 bits per heavy atom. The maximum absolute atomic E-state index is 10.5. The normalized spacial score (nSPS) is 8.08. The largest absolute Gasteiger partial charge is 0.481 e. The molecule has 0 aromatic carbocycles. The fourth-order valence-electron chi connectivity index (χ4n) is 0.420. The van der Waals surface area contributed by atoms with E-state index in [1.807, 2.05) is 0 Å². The number of carbonyl (C=O) groups is 3. The molecule has 0 atom stereocenters. The molecule has 0 rings (SSSR count). The molecule has 12 heavy (non-hydrogen) atoms. The molecule has 0 heterocycles. The van der Waals surface area contributed by atoms with Crippen LogP contribution in [0.2, 0.25) is 0 Å². The van der Waals surface area contributed by atoms with E-state index in [1.165, 1.54) is 0 Å². The van der Waals surface area contributed by atoms with Gasteiger partial charge in [0.2, 0.25) is 0 Å². The Bertz CT molecular complexity index is 188. The van der Waals surface area contributed by atoms with Crippen molar-refractivity contribution in [3.63, 3.8) is 0 Å². The van der Waals surface area contributed by atoms with E-state index in [2.05, 4.69) is 4.74 Å². The lowest BCUT2D eigenvalue weighted by molar-refractivity contribution is -0.159. The first kappa shape index (κ1) is 13.2. The fourth-order valence-corrected chi connectivity index (χ4v) is 0.420. The van der Waals surface area contributed by atoms with Gasteiger partial charge in [-0.25, -0.2) is 0 Å². The average molecular weight is 177 g/mol. The lowest BCUT2D eigenvalue weighted by Crippen LogP contribution is -2.10. The van der Waals surface area contributed by atoms with Gasteiger partial charge in [0.15, 0.2) is 0 Å². The average Bonchev–Trinajstić information content (AvgIpc) is 1.82. The number of hydrogen-bond acceptors (Lipinski definition) is 5. The van der Waals surface area contributed by atoms with Gasteiger partial charge in [0, 0.05) is 6.92 Å². The van der Waals surface area contributed by atoms with Crippen LogP contribution in [0.5, 0.6) is 0 Å². The van der Waals surface area contributed by atoms with Crippen LogP contribution in [-0.4, -0.2) is 23.0 Å². The standard InChI is InChI=1S/C6H8O5.H3N/c1-4(7)11-6(10)3-2-5(8)9;/h2-3H2,1H3,(H,8,9);1H3. The number of carboxylic acid groups (broad SMARTS) is 1. The van der Waals surface area contributed by atoms with Crippen LogP contribution >= 0.6 is 0 Å². The highest BCUT2D eigenvalue weighted by Crippen LogP contribution is 1.92. The van der Waals surface area contributed by atoms with Gasteiger partial charge in [0.25, 0.3) is 0 Å². The van der Waals surface area contributed by atoms with Crippen molar-refractivity contribution in [2.75, 3.05) is 0 Å². The zero-order valence-electron chi connectivity index (χ0n) is 6.70. The summed E-state index contributed by atoms with van der Waals surface area (Å²) in [6.45, 7) is 1.08. The second-order valence-corrected chi connectivity index (χ2v) is 1.86. The molecular formula is C6H11NO5. The number of hydrogen-bond donors (Lipinski definition) is 2. The van der Waals surface area contributed by atoms with Crippen molar-refractivity contribution in [2.45, 2.75) is 19.8 Å². The summed E-state index contributed by atoms with van der Waals surface area (Å²) in [5.74, 6) is -2.62. The maximum atomic E-state index is 10.5. The Kier molecular flexibility index (Phi) is 6.91. The predicted molar refractivity (Wildman–Crippen MR) is 38.7 cm³/mol. The number of ether oxygens (including phenoxy) is 1. The van der Waals surface area contributed by atoms with Crippen LogP contribution in [0.1, 0.15) is 19.8 Å². The van der Waals surface area contributed by atoms with Crippen molar-refractivity contribution < 1.29 is 24.2 Å². The van der Waals surface area contributed by atoms with E-state index in [-0.39, 0.29) is 19.0 Å². The monoisotopic (exact) mass is 177 g/mol. The second-order valence-electron chi connectivity index (χ2n) is 1.86. The van der Waals surface area contributed by atoms with E-state index < -0.39 is 17.9 Å². The number of esters is 2. The van der Waals surface area contributed by atoms with Crippen LogP contribution in [0.15, 0.2) is 0 Å². The molecule has 70 valence electrons. The van der Waals surface area contributed by atoms with Crippen LogP contribution in [0.25, 0.3) is 0 Å². The minimum Gasteiger partial charge on any atom is -0.481 e. The highest BCUT2D eigenvalue weighted by molar-refractivity contribution is 5.85. The van der Waals surface area contributed by atoms with Crippen LogP contribution in [-0.2, 0) is 19.1 Å². The molecule has 0 spiro atoms. The smallest absolute Gasteiger partial charge is 0.314 e. The molecule has 0 aromatic rings. The minimum atomic E-state index is -1.09. The number of rotatable bonds is 3. The van der Waals surface area contributed by atoms with E-state index >= 15 is 0 Å². The van der Waals surface area contributed by atoms with Gasteiger partial charge in [-0.2, -0.15) is 0 Å². The Balaban J connectivity index is 0. The molecule has 6 nitrogen and oxygen atoms in total. The Labute approximate surface area is 69.1 Å². The molecule has 0 aromatic heterocycles. The first-order valence-corrected chi connectivity index (χ1v) is 2.95. The van der Waals surface area contributed by atoms with Gasteiger partial charge in [-0.05, 0) is 0 Å².